The summed E-state index contributed by atoms with van der Waals surface area (Å²) in [6.45, 7) is 2.41. The van der Waals surface area contributed by atoms with Crippen LogP contribution in [0, 0.1) is 5.92 Å². The molecule has 1 aliphatic heterocycles. The van der Waals surface area contributed by atoms with Crippen molar-refractivity contribution < 1.29 is 22.4 Å². The molecule has 0 atom stereocenters. The van der Waals surface area contributed by atoms with Gasteiger partial charge in [0.1, 0.15) is 5.75 Å². The summed E-state index contributed by atoms with van der Waals surface area (Å²) in [4.78, 5) is 10.6. The normalized spacial score (nSPS) is 15.4. The molecule has 1 aliphatic rings. The maximum atomic E-state index is 12.2. The van der Waals surface area contributed by atoms with E-state index in [-0.39, 0.29) is 5.75 Å². The van der Waals surface area contributed by atoms with Crippen molar-refractivity contribution in [3.8, 4) is 17.1 Å². The summed E-state index contributed by atoms with van der Waals surface area (Å²) in [5, 5.41) is 4.00. The van der Waals surface area contributed by atoms with Gasteiger partial charge in [0.05, 0.1) is 0 Å². The number of hydrogen-bond donors (Lipinski definition) is 0. The zero-order valence-electron chi connectivity index (χ0n) is 14.8. The summed E-state index contributed by atoms with van der Waals surface area (Å²) in [6, 6.07) is 9.61. The Hall–Kier alpha value is -2.94. The highest BCUT2D eigenvalue weighted by atomic mass is 19.4. The zero-order valence-corrected chi connectivity index (χ0v) is 14.8. The van der Waals surface area contributed by atoms with Crippen LogP contribution in [0.15, 0.2) is 53.3 Å². The number of pyridine rings is 1. The van der Waals surface area contributed by atoms with Crippen LogP contribution in [-0.2, 0) is 13.0 Å². The second kappa shape index (κ2) is 7.59. The van der Waals surface area contributed by atoms with Gasteiger partial charge < -0.3 is 9.26 Å². The van der Waals surface area contributed by atoms with Crippen molar-refractivity contribution in [3.63, 3.8) is 0 Å². The lowest BCUT2D eigenvalue weighted by Gasteiger charge is -2.38. The Balaban J connectivity index is 1.25. The predicted octanol–water partition coefficient (Wildman–Crippen LogP) is 3.70. The van der Waals surface area contributed by atoms with E-state index < -0.39 is 6.36 Å². The lowest BCUT2D eigenvalue weighted by atomic mass is 9.95. The maximum Gasteiger partial charge on any atom is 0.573 e. The van der Waals surface area contributed by atoms with Crippen LogP contribution < -0.4 is 4.74 Å². The Morgan fingerprint density at radius 2 is 1.79 bits per heavy atom. The monoisotopic (exact) mass is 390 g/mol. The van der Waals surface area contributed by atoms with Crippen LogP contribution >= 0.6 is 0 Å². The van der Waals surface area contributed by atoms with Gasteiger partial charge in [-0.2, -0.15) is 4.98 Å². The molecule has 0 amide bonds. The van der Waals surface area contributed by atoms with Crippen molar-refractivity contribution in [1.82, 2.24) is 20.0 Å². The quantitative estimate of drug-likeness (QED) is 0.640. The Morgan fingerprint density at radius 1 is 1.07 bits per heavy atom. The number of nitrogens with zero attached hydrogens (tertiary/aromatic N) is 4. The zero-order chi connectivity index (χ0) is 19.6. The fraction of sp³-hybridized carbons (Fsp3) is 0.316. The summed E-state index contributed by atoms with van der Waals surface area (Å²) in [6.07, 6.45) is -0.612. The first-order valence-corrected chi connectivity index (χ1v) is 8.75. The van der Waals surface area contributed by atoms with E-state index in [9.17, 15) is 13.2 Å². The van der Waals surface area contributed by atoms with Crippen LogP contribution in [0.3, 0.4) is 0 Å². The smallest absolute Gasteiger partial charge is 0.406 e. The van der Waals surface area contributed by atoms with Gasteiger partial charge in [-0.3, -0.25) is 9.88 Å². The Morgan fingerprint density at radius 3 is 2.46 bits per heavy atom. The predicted molar refractivity (Wildman–Crippen MR) is 93.1 cm³/mol. The van der Waals surface area contributed by atoms with E-state index in [0.717, 1.165) is 24.2 Å². The number of ether oxygens (including phenoxy) is 1. The topological polar surface area (TPSA) is 64.3 Å². The van der Waals surface area contributed by atoms with Crippen molar-refractivity contribution in [3.05, 3.63) is 60.2 Å². The summed E-state index contributed by atoms with van der Waals surface area (Å²) in [7, 11) is 0. The molecule has 3 aromatic rings. The van der Waals surface area contributed by atoms with Crippen LogP contribution in [-0.4, -0.2) is 39.5 Å². The van der Waals surface area contributed by atoms with E-state index in [1.165, 1.54) is 12.1 Å². The third kappa shape index (κ3) is 4.66. The highest BCUT2D eigenvalue weighted by molar-refractivity contribution is 5.52. The minimum absolute atomic E-state index is 0.209. The van der Waals surface area contributed by atoms with Gasteiger partial charge in [-0.25, -0.2) is 0 Å². The Bertz CT molecular complexity index is 907. The first kappa shape index (κ1) is 18.4. The molecule has 2 aromatic heterocycles. The van der Waals surface area contributed by atoms with Crippen molar-refractivity contribution in [2.24, 2.45) is 5.92 Å². The molecule has 0 saturated carbocycles. The molecule has 28 heavy (non-hydrogen) atoms. The number of alkyl halides is 3. The molecule has 1 fully saturated rings. The second-order valence-corrected chi connectivity index (χ2v) is 6.70. The minimum Gasteiger partial charge on any atom is -0.406 e. The van der Waals surface area contributed by atoms with Gasteiger partial charge in [-0.15, -0.1) is 13.2 Å². The molecule has 0 radical (unpaired) electrons. The molecule has 9 heteroatoms. The highest BCUT2D eigenvalue weighted by Gasteiger charge is 2.31. The Labute approximate surface area is 159 Å². The van der Waals surface area contributed by atoms with Gasteiger partial charge in [0.25, 0.3) is 0 Å². The van der Waals surface area contributed by atoms with Gasteiger partial charge in [-0.05, 0) is 35.7 Å². The molecule has 0 unspecified atom stereocenters. The van der Waals surface area contributed by atoms with Gasteiger partial charge in [0.15, 0.2) is 0 Å². The fourth-order valence-corrected chi connectivity index (χ4v) is 3.19. The first-order valence-electron chi connectivity index (χ1n) is 8.75. The number of rotatable bonds is 6. The number of aromatic nitrogens is 3. The molecule has 3 heterocycles. The second-order valence-electron chi connectivity index (χ2n) is 6.70. The van der Waals surface area contributed by atoms with Crippen molar-refractivity contribution in [1.29, 1.82) is 0 Å². The van der Waals surface area contributed by atoms with E-state index in [4.69, 9.17) is 4.52 Å². The molecule has 0 N–H and O–H groups in total. The van der Waals surface area contributed by atoms with Crippen molar-refractivity contribution in [2.45, 2.75) is 19.3 Å². The lowest BCUT2D eigenvalue weighted by molar-refractivity contribution is -0.274. The van der Waals surface area contributed by atoms with Crippen LogP contribution in [0.4, 0.5) is 13.2 Å². The summed E-state index contributed by atoms with van der Waals surface area (Å²) in [5.41, 5.74) is 1.80. The molecule has 0 aliphatic carbocycles. The molecule has 6 nitrogen and oxygen atoms in total. The number of likely N-dealkylation sites (tertiary alicyclic amines) is 1. The van der Waals surface area contributed by atoms with E-state index in [0.29, 0.717) is 30.6 Å². The summed E-state index contributed by atoms with van der Waals surface area (Å²) >= 11 is 0. The largest absolute Gasteiger partial charge is 0.573 e. The molecule has 4 rings (SSSR count). The molecule has 1 saturated heterocycles. The summed E-state index contributed by atoms with van der Waals surface area (Å²) in [5.74, 6) is 1.36. The van der Waals surface area contributed by atoms with Crippen LogP contribution in [0.25, 0.3) is 11.4 Å². The van der Waals surface area contributed by atoms with E-state index in [1.54, 1.807) is 24.5 Å². The van der Waals surface area contributed by atoms with Crippen LogP contribution in [0.1, 0.15) is 11.5 Å². The maximum absolute atomic E-state index is 12.2. The molecule has 0 bridgehead atoms. The fourth-order valence-electron chi connectivity index (χ4n) is 3.19. The van der Waals surface area contributed by atoms with Crippen LogP contribution in [0.2, 0.25) is 0 Å². The van der Waals surface area contributed by atoms with Gasteiger partial charge in [-0.1, -0.05) is 17.3 Å². The molecule has 146 valence electrons. The van der Waals surface area contributed by atoms with E-state index in [1.807, 2.05) is 12.1 Å². The molecular formula is C19H17F3N4O2. The van der Waals surface area contributed by atoms with Crippen molar-refractivity contribution in [2.75, 3.05) is 13.1 Å². The molecule has 0 spiro atoms. The summed E-state index contributed by atoms with van der Waals surface area (Å²) < 4.78 is 45.8. The third-order valence-electron chi connectivity index (χ3n) is 4.47. The van der Waals surface area contributed by atoms with Gasteiger partial charge in [0, 0.05) is 44.0 Å². The SMILES string of the molecule is FC(F)(F)Oc1ccc(CN2CC(Cc3nc(-c4ccncc4)no3)C2)cc1. The minimum atomic E-state index is -4.67. The highest BCUT2D eigenvalue weighted by Crippen LogP contribution is 2.26. The number of benzene rings is 1. The average Bonchev–Trinajstić information content (AvgIpc) is 3.10. The molecular weight excluding hydrogens is 373 g/mol. The van der Waals surface area contributed by atoms with E-state index in [2.05, 4.69) is 24.8 Å². The van der Waals surface area contributed by atoms with Crippen LogP contribution in [0.5, 0.6) is 5.75 Å². The van der Waals surface area contributed by atoms with Gasteiger partial charge >= 0.3 is 6.36 Å². The Kier molecular flexibility index (Phi) is 4.99. The van der Waals surface area contributed by atoms with Gasteiger partial charge in [0.2, 0.25) is 11.7 Å². The first-order chi connectivity index (χ1) is 13.4. The van der Waals surface area contributed by atoms with E-state index >= 15 is 0 Å². The lowest BCUT2D eigenvalue weighted by Crippen LogP contribution is -2.46. The average molecular weight is 390 g/mol. The standard InChI is InChI=1S/C19H17F3N4O2/c20-19(21,22)27-16-3-1-13(2-4-16)10-26-11-14(12-26)9-17-24-18(25-28-17)15-5-7-23-8-6-15/h1-8,14H,9-12H2. The number of hydrogen-bond acceptors (Lipinski definition) is 6. The third-order valence-corrected chi connectivity index (χ3v) is 4.47. The molecule has 1 aromatic carbocycles. The van der Waals surface area contributed by atoms with Crippen molar-refractivity contribution >= 4 is 0 Å². The number of halogens is 3.